The van der Waals surface area contributed by atoms with E-state index in [1.54, 1.807) is 0 Å². The van der Waals surface area contributed by atoms with Crippen LogP contribution in [0.2, 0.25) is 0 Å². The Hall–Kier alpha value is -1.57. The number of rotatable bonds is 3. The Morgan fingerprint density at radius 1 is 1.12 bits per heavy atom. The van der Waals surface area contributed by atoms with Crippen molar-refractivity contribution in [2.75, 3.05) is 32.7 Å². The molecule has 0 amide bonds. The number of aromatic nitrogens is 4. The van der Waals surface area contributed by atoms with Gasteiger partial charge in [-0.05, 0) is 31.4 Å². The highest BCUT2D eigenvalue weighted by Gasteiger charge is 2.24. The highest BCUT2D eigenvalue weighted by Crippen LogP contribution is 2.38. The van der Waals surface area contributed by atoms with Gasteiger partial charge < -0.3 is 4.90 Å². The van der Waals surface area contributed by atoms with Crippen LogP contribution >= 0.6 is 11.3 Å². The van der Waals surface area contributed by atoms with E-state index in [1.165, 1.54) is 28.7 Å². The van der Waals surface area contributed by atoms with Crippen LogP contribution in [-0.4, -0.2) is 62.1 Å². The Morgan fingerprint density at radius 3 is 2.79 bits per heavy atom. The first-order valence-electron chi connectivity index (χ1n) is 8.91. The highest BCUT2D eigenvalue weighted by molar-refractivity contribution is 7.19. The van der Waals surface area contributed by atoms with Gasteiger partial charge in [-0.15, -0.1) is 21.5 Å². The molecule has 24 heavy (non-hydrogen) atoms. The molecule has 3 aromatic heterocycles. The van der Waals surface area contributed by atoms with E-state index in [0.717, 1.165) is 62.0 Å². The van der Waals surface area contributed by atoms with Gasteiger partial charge >= 0.3 is 0 Å². The number of fused-ring (bicyclic) bond motifs is 5. The number of thiophene rings is 1. The summed E-state index contributed by atoms with van der Waals surface area (Å²) in [6, 6.07) is 0. The Labute approximate surface area is 145 Å². The molecular formula is C17H22N6S. The van der Waals surface area contributed by atoms with Gasteiger partial charge in [0.2, 0.25) is 0 Å². The molecule has 0 aromatic carbocycles. The third kappa shape index (κ3) is 2.26. The first-order chi connectivity index (χ1) is 11.8. The summed E-state index contributed by atoms with van der Waals surface area (Å²) in [6.45, 7) is 8.78. The third-order valence-corrected chi connectivity index (χ3v) is 6.65. The fourth-order valence-electron chi connectivity index (χ4n) is 4.04. The van der Waals surface area contributed by atoms with Crippen LogP contribution in [0.15, 0.2) is 6.33 Å². The number of aryl methyl sites for hydroxylation is 2. The predicted molar refractivity (Wildman–Crippen MR) is 95.6 cm³/mol. The van der Waals surface area contributed by atoms with Crippen molar-refractivity contribution in [3.63, 3.8) is 0 Å². The van der Waals surface area contributed by atoms with Crippen LogP contribution in [0.3, 0.4) is 0 Å². The van der Waals surface area contributed by atoms with Gasteiger partial charge in [-0.25, -0.2) is 4.98 Å². The van der Waals surface area contributed by atoms with Crippen molar-refractivity contribution in [1.82, 2.24) is 29.4 Å². The first kappa shape index (κ1) is 14.7. The lowest BCUT2D eigenvalue weighted by molar-refractivity contribution is 0.129. The van der Waals surface area contributed by atoms with E-state index < -0.39 is 0 Å². The molecule has 4 heterocycles. The Bertz CT molecular complexity index is 889. The Balaban J connectivity index is 1.53. The molecule has 0 bridgehead atoms. The molecule has 3 aromatic rings. The quantitative estimate of drug-likeness (QED) is 0.728. The molecule has 1 fully saturated rings. The van der Waals surface area contributed by atoms with Crippen molar-refractivity contribution in [3.05, 3.63) is 22.6 Å². The Morgan fingerprint density at radius 2 is 1.96 bits per heavy atom. The van der Waals surface area contributed by atoms with Crippen molar-refractivity contribution in [2.24, 2.45) is 0 Å². The summed E-state index contributed by atoms with van der Waals surface area (Å²) in [5, 5.41) is 9.87. The minimum absolute atomic E-state index is 0.880. The van der Waals surface area contributed by atoms with Crippen LogP contribution in [-0.2, 0) is 19.4 Å². The van der Waals surface area contributed by atoms with Crippen molar-refractivity contribution in [3.8, 4) is 0 Å². The lowest BCUT2D eigenvalue weighted by Gasteiger charge is -2.33. The molecule has 1 aliphatic carbocycles. The zero-order chi connectivity index (χ0) is 16.1. The fourth-order valence-corrected chi connectivity index (χ4v) is 5.31. The molecule has 1 aliphatic heterocycles. The molecule has 5 rings (SSSR count). The van der Waals surface area contributed by atoms with Crippen molar-refractivity contribution >= 4 is 27.2 Å². The summed E-state index contributed by atoms with van der Waals surface area (Å²) >= 11 is 1.87. The molecule has 6 nitrogen and oxygen atoms in total. The van der Waals surface area contributed by atoms with Crippen molar-refractivity contribution in [2.45, 2.75) is 32.7 Å². The van der Waals surface area contributed by atoms with Gasteiger partial charge in [-0.2, -0.15) is 0 Å². The largest absolute Gasteiger partial charge is 0.301 e. The molecule has 0 N–H and O–H groups in total. The number of likely N-dealkylation sites (N-methyl/N-ethyl adjacent to an activating group) is 1. The van der Waals surface area contributed by atoms with E-state index >= 15 is 0 Å². The van der Waals surface area contributed by atoms with E-state index in [0.29, 0.717) is 0 Å². The van der Waals surface area contributed by atoms with Gasteiger partial charge in [-0.3, -0.25) is 9.30 Å². The molecule has 0 radical (unpaired) electrons. The smallest absolute Gasteiger partial charge is 0.172 e. The van der Waals surface area contributed by atoms with Crippen molar-refractivity contribution < 1.29 is 0 Å². The van der Waals surface area contributed by atoms with Crippen LogP contribution in [0, 0.1) is 0 Å². The van der Waals surface area contributed by atoms with Crippen LogP contribution in [0.1, 0.15) is 29.6 Å². The first-order valence-corrected chi connectivity index (χ1v) is 9.72. The molecule has 0 unspecified atom stereocenters. The predicted octanol–water partition coefficient (Wildman–Crippen LogP) is 1.97. The SMILES string of the molecule is CCN1CCN(Cc2nc3sc4c(c3c3nncn23)CCC4)CC1. The topological polar surface area (TPSA) is 49.6 Å². The second-order valence-corrected chi connectivity index (χ2v) is 7.88. The van der Waals surface area contributed by atoms with Crippen LogP contribution in [0.25, 0.3) is 15.9 Å². The summed E-state index contributed by atoms with van der Waals surface area (Å²) in [7, 11) is 0. The number of hydrogen-bond acceptors (Lipinski definition) is 6. The second kappa shape index (κ2) is 5.75. The van der Waals surface area contributed by atoms with Crippen LogP contribution in [0.5, 0.6) is 0 Å². The summed E-state index contributed by atoms with van der Waals surface area (Å²) < 4.78 is 2.11. The lowest BCUT2D eigenvalue weighted by Crippen LogP contribution is -2.45. The zero-order valence-electron chi connectivity index (χ0n) is 14.0. The summed E-state index contributed by atoms with van der Waals surface area (Å²) in [5.41, 5.74) is 2.48. The van der Waals surface area contributed by atoms with Crippen molar-refractivity contribution in [1.29, 1.82) is 0 Å². The molecule has 1 saturated heterocycles. The molecule has 0 atom stereocenters. The van der Waals surface area contributed by atoms with E-state index in [2.05, 4.69) is 31.3 Å². The van der Waals surface area contributed by atoms with Gasteiger partial charge in [0, 0.05) is 31.1 Å². The van der Waals surface area contributed by atoms with Crippen LogP contribution < -0.4 is 0 Å². The van der Waals surface area contributed by atoms with E-state index in [1.807, 2.05) is 17.7 Å². The average molecular weight is 342 g/mol. The van der Waals surface area contributed by atoms with Gasteiger partial charge in [0.05, 0.1) is 11.9 Å². The summed E-state index contributed by atoms with van der Waals surface area (Å²) in [4.78, 5) is 12.7. The van der Waals surface area contributed by atoms with E-state index in [9.17, 15) is 0 Å². The number of piperazine rings is 1. The second-order valence-electron chi connectivity index (χ2n) is 6.80. The molecule has 0 spiro atoms. The van der Waals surface area contributed by atoms with Gasteiger partial charge in [0.15, 0.2) is 5.65 Å². The van der Waals surface area contributed by atoms with Gasteiger partial charge in [-0.1, -0.05) is 6.92 Å². The lowest BCUT2D eigenvalue weighted by atomic mass is 10.2. The maximum atomic E-state index is 5.02. The maximum Gasteiger partial charge on any atom is 0.172 e. The van der Waals surface area contributed by atoms with Gasteiger partial charge in [0.1, 0.15) is 17.0 Å². The van der Waals surface area contributed by atoms with E-state index in [-0.39, 0.29) is 0 Å². The van der Waals surface area contributed by atoms with Crippen LogP contribution in [0.4, 0.5) is 0 Å². The molecular weight excluding hydrogens is 320 g/mol. The normalized spacial score (nSPS) is 19.5. The standard InChI is InChI=1S/C17H22N6S/c1-2-21-6-8-22(9-7-21)10-14-19-17-15(16-20-18-11-23(14)16)12-4-3-5-13(12)24-17/h11H,2-10H2,1H3. The number of nitrogens with zero attached hydrogens (tertiary/aromatic N) is 6. The Kier molecular flexibility index (Phi) is 3.53. The van der Waals surface area contributed by atoms with Gasteiger partial charge in [0.25, 0.3) is 0 Å². The summed E-state index contributed by atoms with van der Waals surface area (Å²) in [5.74, 6) is 1.08. The molecule has 0 saturated carbocycles. The highest BCUT2D eigenvalue weighted by atomic mass is 32.1. The molecule has 7 heteroatoms. The van der Waals surface area contributed by atoms with E-state index in [4.69, 9.17) is 4.98 Å². The molecule has 126 valence electrons. The number of hydrogen-bond donors (Lipinski definition) is 0. The minimum atomic E-state index is 0.880. The minimum Gasteiger partial charge on any atom is -0.301 e. The average Bonchev–Trinajstić information content (AvgIpc) is 3.30. The maximum absolute atomic E-state index is 5.02. The molecule has 2 aliphatic rings. The fraction of sp³-hybridized carbons (Fsp3) is 0.588. The summed E-state index contributed by atoms with van der Waals surface area (Å²) in [6.07, 6.45) is 5.46. The third-order valence-electron chi connectivity index (χ3n) is 5.46. The zero-order valence-corrected chi connectivity index (χ0v) is 14.8. The monoisotopic (exact) mass is 342 g/mol.